The van der Waals surface area contributed by atoms with Crippen molar-refractivity contribution in [3.05, 3.63) is 0 Å². The summed E-state index contributed by atoms with van der Waals surface area (Å²) < 4.78 is 37.3. The summed E-state index contributed by atoms with van der Waals surface area (Å²) in [6, 6.07) is 0. The molecule has 0 aliphatic carbocycles. The van der Waals surface area contributed by atoms with Crippen LogP contribution < -0.4 is 69.5 Å². The number of rotatable bonds is 24. The van der Waals surface area contributed by atoms with E-state index in [9.17, 15) is 37.6 Å². The van der Waals surface area contributed by atoms with Gasteiger partial charge in [-0.05, 0) is 19.4 Å². The Labute approximate surface area is 277 Å². The first-order chi connectivity index (χ1) is 17.5. The van der Waals surface area contributed by atoms with Crippen LogP contribution in [0.15, 0.2) is 0 Å². The van der Waals surface area contributed by atoms with Gasteiger partial charge in [0.1, 0.15) is 16.7 Å². The minimum atomic E-state index is -5.29. The van der Waals surface area contributed by atoms with Crippen LogP contribution in [0.2, 0.25) is 0 Å². The molecule has 0 radical (unpaired) electrons. The Balaban J connectivity index is -0.00000648. The number of nitrogens with zero attached hydrogens (tertiary/aromatic N) is 1. The summed E-state index contributed by atoms with van der Waals surface area (Å²) in [6.45, 7) is 2.25. The van der Waals surface area contributed by atoms with Crippen LogP contribution in [0, 0.1) is 0 Å². The van der Waals surface area contributed by atoms with Gasteiger partial charge in [0.25, 0.3) is 0 Å². The summed E-state index contributed by atoms with van der Waals surface area (Å²) in [4.78, 5) is 36.0. The van der Waals surface area contributed by atoms with Gasteiger partial charge in [-0.2, -0.15) is 0 Å². The Morgan fingerprint density at radius 2 is 1.54 bits per heavy atom. The molecular weight excluding hydrogens is 554 g/mol. The van der Waals surface area contributed by atoms with Crippen molar-refractivity contribution < 1.29 is 107 Å². The van der Waals surface area contributed by atoms with Crippen LogP contribution in [0.5, 0.6) is 0 Å². The molecule has 0 aromatic carbocycles. The topological polar surface area (TPSA) is 196 Å². The van der Waals surface area contributed by atoms with Crippen molar-refractivity contribution in [1.82, 2.24) is 10.2 Å². The molecule has 0 aromatic rings. The van der Waals surface area contributed by atoms with Crippen LogP contribution in [-0.2, 0) is 29.2 Å². The number of carbonyl (C=O) groups is 3. The first-order valence-corrected chi connectivity index (χ1v) is 14.6. The molecule has 0 heterocycles. The van der Waals surface area contributed by atoms with Gasteiger partial charge < -0.3 is 39.6 Å². The third-order valence-electron chi connectivity index (χ3n) is 5.87. The molecule has 0 aliphatic heterocycles. The van der Waals surface area contributed by atoms with Gasteiger partial charge in [0, 0.05) is 19.5 Å². The third kappa shape index (κ3) is 24.5. The fraction of sp³-hybridized carbons (Fsp3) is 0.875. The zero-order valence-electron chi connectivity index (χ0n) is 23.9. The average molecular weight is 599 g/mol. The van der Waals surface area contributed by atoms with Crippen molar-refractivity contribution in [2.24, 2.45) is 0 Å². The monoisotopic (exact) mass is 598 g/mol. The number of carbonyl (C=O) groups excluding carboxylic acids is 3. The Bertz CT molecular complexity index is 759. The Kier molecular flexibility index (Phi) is 30.3. The van der Waals surface area contributed by atoms with Gasteiger partial charge in [-0.15, -0.1) is 0 Å². The fourth-order valence-electron chi connectivity index (χ4n) is 3.67. The SMILES string of the molecule is CCCCCCCCCCC(O)CCNCCC(=O)N(CCO)CCOC(=O)CC(C(=O)[O-])S(=O)(=O)[O-].[Na+].[Na+]. The molecule has 0 rings (SSSR count). The molecular formula is C24H44N2Na2O10S. The van der Waals surface area contributed by atoms with Crippen LogP contribution in [0.1, 0.15) is 84.0 Å². The molecule has 0 bridgehead atoms. The number of unbranched alkanes of at least 4 members (excludes halogenated alkanes) is 7. The second kappa shape index (κ2) is 27.1. The maximum atomic E-state index is 12.4. The maximum Gasteiger partial charge on any atom is 1.00 e. The number of aliphatic hydroxyl groups excluding tert-OH is 2. The van der Waals surface area contributed by atoms with Crippen LogP contribution in [0.3, 0.4) is 0 Å². The van der Waals surface area contributed by atoms with Crippen molar-refractivity contribution in [3.63, 3.8) is 0 Å². The van der Waals surface area contributed by atoms with Crippen molar-refractivity contribution in [3.8, 4) is 0 Å². The van der Waals surface area contributed by atoms with E-state index in [1.54, 1.807) is 0 Å². The molecule has 1 amide bonds. The summed E-state index contributed by atoms with van der Waals surface area (Å²) in [7, 11) is -5.29. The number of ether oxygens (including phenoxy) is 1. The molecule has 218 valence electrons. The Morgan fingerprint density at radius 3 is 2.08 bits per heavy atom. The van der Waals surface area contributed by atoms with Gasteiger partial charge in [0.15, 0.2) is 0 Å². The molecule has 12 nitrogen and oxygen atoms in total. The molecule has 0 aromatic heterocycles. The molecule has 0 saturated heterocycles. The first kappa shape index (κ1) is 43.7. The number of amides is 1. The molecule has 0 aliphatic rings. The molecule has 0 spiro atoms. The molecule has 0 saturated carbocycles. The van der Waals surface area contributed by atoms with Crippen molar-refractivity contribution in [2.45, 2.75) is 95.3 Å². The van der Waals surface area contributed by atoms with Gasteiger partial charge in [0.2, 0.25) is 5.91 Å². The van der Waals surface area contributed by atoms with Gasteiger partial charge in [0.05, 0.1) is 36.9 Å². The summed E-state index contributed by atoms with van der Waals surface area (Å²) >= 11 is 0. The average Bonchev–Trinajstić information content (AvgIpc) is 2.82. The summed E-state index contributed by atoms with van der Waals surface area (Å²) in [5.41, 5.74) is 0. The molecule has 39 heavy (non-hydrogen) atoms. The quantitative estimate of drug-likeness (QED) is 0.0414. The van der Waals surface area contributed by atoms with Gasteiger partial charge >= 0.3 is 65.1 Å². The summed E-state index contributed by atoms with van der Waals surface area (Å²) in [5.74, 6) is -3.76. The van der Waals surface area contributed by atoms with Crippen molar-refractivity contribution in [1.29, 1.82) is 0 Å². The van der Waals surface area contributed by atoms with Gasteiger partial charge in [-0.1, -0.05) is 58.3 Å². The van der Waals surface area contributed by atoms with Crippen molar-refractivity contribution >= 4 is 28.0 Å². The van der Waals surface area contributed by atoms with E-state index in [2.05, 4.69) is 12.2 Å². The first-order valence-electron chi connectivity index (χ1n) is 13.1. The van der Waals surface area contributed by atoms with Crippen LogP contribution in [0.25, 0.3) is 0 Å². The summed E-state index contributed by atoms with van der Waals surface area (Å²) in [5, 5.41) is 30.5. The van der Waals surface area contributed by atoms with E-state index in [1.807, 2.05) is 0 Å². The second-order valence-corrected chi connectivity index (χ2v) is 10.6. The minimum absolute atomic E-state index is 0. The third-order valence-corrected chi connectivity index (χ3v) is 6.93. The number of aliphatic carboxylic acids is 1. The normalized spacial score (nSPS) is 12.5. The number of hydrogen-bond acceptors (Lipinski definition) is 11. The van der Waals surface area contributed by atoms with Crippen molar-refractivity contribution in [2.75, 3.05) is 39.4 Å². The number of carboxylic acid groups (broad SMARTS) is 1. The summed E-state index contributed by atoms with van der Waals surface area (Å²) in [6.07, 6.45) is 9.51. The molecule has 15 heteroatoms. The molecule has 2 unspecified atom stereocenters. The Morgan fingerprint density at radius 1 is 0.949 bits per heavy atom. The van der Waals surface area contributed by atoms with E-state index in [1.165, 1.54) is 43.4 Å². The number of hydrogen-bond donors (Lipinski definition) is 3. The van der Waals surface area contributed by atoms with Gasteiger partial charge in [-0.25, -0.2) is 8.42 Å². The molecule has 2 atom stereocenters. The minimum Gasteiger partial charge on any atom is -0.747 e. The van der Waals surface area contributed by atoms with Gasteiger partial charge in [-0.3, -0.25) is 9.59 Å². The van der Waals surface area contributed by atoms with E-state index < -0.39 is 39.8 Å². The Hall–Kier alpha value is 0.200. The second-order valence-electron chi connectivity index (χ2n) is 9.04. The largest absolute Gasteiger partial charge is 1.00 e. The number of aliphatic hydroxyl groups is 2. The predicted octanol–water partition coefficient (Wildman–Crippen LogP) is -6.33. The molecule has 0 fully saturated rings. The maximum absolute atomic E-state index is 12.4. The smallest absolute Gasteiger partial charge is 0.747 e. The predicted molar refractivity (Wildman–Crippen MR) is 133 cm³/mol. The van der Waals surface area contributed by atoms with E-state index >= 15 is 0 Å². The van der Waals surface area contributed by atoms with E-state index in [4.69, 9.17) is 9.84 Å². The number of esters is 1. The van der Waals surface area contributed by atoms with E-state index in [-0.39, 0.29) is 97.7 Å². The number of carboxylic acids is 1. The van der Waals surface area contributed by atoms with Crippen LogP contribution >= 0.6 is 0 Å². The molecule has 3 N–H and O–H groups in total. The fourth-order valence-corrected chi connectivity index (χ4v) is 4.25. The standard InChI is InChI=1S/C24H46N2O10S.2Na/c1-2-3-4-5-6-7-8-9-10-20(28)11-13-25-14-12-22(29)26(15-17-27)16-18-36-23(30)19-21(24(31)32)37(33,34)35;;/h20-21,25,27-28H,2-19H2,1H3,(H,31,32)(H,33,34,35);;/q;2*+1/p-2. The van der Waals surface area contributed by atoms with E-state index in [0.717, 1.165) is 19.3 Å². The zero-order chi connectivity index (χ0) is 28.1. The van der Waals surface area contributed by atoms with Crippen LogP contribution in [-0.4, -0.2) is 96.7 Å². The zero-order valence-corrected chi connectivity index (χ0v) is 28.7. The number of nitrogens with one attached hydrogen (secondary N) is 1. The van der Waals surface area contributed by atoms with Crippen LogP contribution in [0.4, 0.5) is 0 Å². The van der Waals surface area contributed by atoms with E-state index in [0.29, 0.717) is 19.5 Å².